The van der Waals surface area contributed by atoms with Crippen LogP contribution in [-0.2, 0) is 14.3 Å². The largest absolute Gasteiger partial charge is 0.455 e. The molecule has 0 radical (unpaired) electrons. The van der Waals surface area contributed by atoms with Crippen molar-refractivity contribution in [3.05, 3.63) is 65.2 Å². The number of rotatable bonds is 5. The first-order chi connectivity index (χ1) is 13.4. The van der Waals surface area contributed by atoms with Gasteiger partial charge in [-0.2, -0.15) is 0 Å². The third-order valence-electron chi connectivity index (χ3n) is 5.17. The topological polar surface area (TPSA) is 58.6 Å². The van der Waals surface area contributed by atoms with Crippen molar-refractivity contribution >= 4 is 17.6 Å². The standard InChI is InChI=1S/C23H28N2O3/c1-5-25-14-21(17-9-7-6-8-10-17)28-23(27)22(25)19-13-18(15(2)3)11-12-20(19)24-16(4)26/h6-13,15,21-22H,5,14H2,1-4H3,(H,24,26). The Morgan fingerprint density at radius 2 is 1.93 bits per heavy atom. The number of anilines is 1. The number of esters is 1. The molecule has 0 spiro atoms. The van der Waals surface area contributed by atoms with Gasteiger partial charge in [0.15, 0.2) is 0 Å². The van der Waals surface area contributed by atoms with Gasteiger partial charge in [0.2, 0.25) is 5.91 Å². The summed E-state index contributed by atoms with van der Waals surface area (Å²) in [6.07, 6.45) is -0.289. The monoisotopic (exact) mass is 380 g/mol. The van der Waals surface area contributed by atoms with Gasteiger partial charge in [-0.25, -0.2) is 4.79 Å². The fraction of sp³-hybridized carbons (Fsp3) is 0.391. The minimum absolute atomic E-state index is 0.159. The van der Waals surface area contributed by atoms with Gasteiger partial charge in [-0.3, -0.25) is 9.69 Å². The van der Waals surface area contributed by atoms with Crippen LogP contribution in [0.15, 0.2) is 48.5 Å². The van der Waals surface area contributed by atoms with Crippen LogP contribution < -0.4 is 5.32 Å². The van der Waals surface area contributed by atoms with Crippen molar-refractivity contribution in [3.63, 3.8) is 0 Å². The van der Waals surface area contributed by atoms with Gasteiger partial charge in [0, 0.05) is 24.7 Å². The fourth-order valence-electron chi connectivity index (χ4n) is 3.66. The second-order valence-electron chi connectivity index (χ2n) is 7.51. The normalized spacial score (nSPS) is 20.1. The molecule has 28 heavy (non-hydrogen) atoms. The maximum absolute atomic E-state index is 13.1. The third kappa shape index (κ3) is 4.25. The molecule has 2 unspecified atom stereocenters. The van der Waals surface area contributed by atoms with Crippen molar-refractivity contribution in [2.75, 3.05) is 18.4 Å². The lowest BCUT2D eigenvalue weighted by molar-refractivity contribution is -0.167. The number of morpholine rings is 1. The molecule has 1 aliphatic rings. The average molecular weight is 380 g/mol. The van der Waals surface area contributed by atoms with E-state index >= 15 is 0 Å². The number of amides is 1. The lowest BCUT2D eigenvalue weighted by Gasteiger charge is -2.39. The Bertz CT molecular complexity index is 848. The van der Waals surface area contributed by atoms with E-state index in [4.69, 9.17) is 4.74 Å². The van der Waals surface area contributed by atoms with E-state index < -0.39 is 6.04 Å². The fourth-order valence-corrected chi connectivity index (χ4v) is 3.66. The molecule has 0 saturated carbocycles. The molecular formula is C23H28N2O3. The van der Waals surface area contributed by atoms with E-state index in [2.05, 4.69) is 24.1 Å². The Balaban J connectivity index is 1.98. The van der Waals surface area contributed by atoms with E-state index in [9.17, 15) is 9.59 Å². The second-order valence-corrected chi connectivity index (χ2v) is 7.51. The molecule has 5 nitrogen and oxygen atoms in total. The summed E-state index contributed by atoms with van der Waals surface area (Å²) in [5.41, 5.74) is 3.57. The molecule has 2 aromatic carbocycles. The van der Waals surface area contributed by atoms with Gasteiger partial charge in [0.05, 0.1) is 0 Å². The Morgan fingerprint density at radius 1 is 1.21 bits per heavy atom. The highest BCUT2D eigenvalue weighted by atomic mass is 16.5. The van der Waals surface area contributed by atoms with Crippen LogP contribution >= 0.6 is 0 Å². The maximum Gasteiger partial charge on any atom is 0.328 e. The second kappa shape index (κ2) is 8.57. The van der Waals surface area contributed by atoms with Crippen molar-refractivity contribution < 1.29 is 14.3 Å². The highest BCUT2D eigenvalue weighted by Crippen LogP contribution is 2.37. The zero-order chi connectivity index (χ0) is 20.3. The van der Waals surface area contributed by atoms with Crippen LogP contribution in [0.1, 0.15) is 62.4 Å². The predicted molar refractivity (Wildman–Crippen MR) is 110 cm³/mol. The van der Waals surface area contributed by atoms with Gasteiger partial charge in [0.1, 0.15) is 12.1 Å². The first-order valence-electron chi connectivity index (χ1n) is 9.81. The van der Waals surface area contributed by atoms with Crippen molar-refractivity contribution in [1.29, 1.82) is 0 Å². The van der Waals surface area contributed by atoms with Crippen molar-refractivity contribution in [1.82, 2.24) is 4.90 Å². The number of benzene rings is 2. The minimum Gasteiger partial charge on any atom is -0.455 e. The number of hydrogen-bond donors (Lipinski definition) is 1. The zero-order valence-corrected chi connectivity index (χ0v) is 16.9. The van der Waals surface area contributed by atoms with E-state index in [1.54, 1.807) is 0 Å². The highest BCUT2D eigenvalue weighted by Gasteiger charge is 2.38. The number of nitrogens with zero attached hydrogens (tertiary/aromatic N) is 1. The number of ether oxygens (including phenoxy) is 1. The molecule has 1 amide bonds. The van der Waals surface area contributed by atoms with Gasteiger partial charge in [-0.05, 0) is 29.7 Å². The maximum atomic E-state index is 13.1. The Kier molecular flexibility index (Phi) is 6.15. The summed E-state index contributed by atoms with van der Waals surface area (Å²) in [6.45, 7) is 9.05. The predicted octanol–water partition coefficient (Wildman–Crippen LogP) is 4.43. The molecule has 1 fully saturated rings. The number of hydrogen-bond acceptors (Lipinski definition) is 4. The summed E-state index contributed by atoms with van der Waals surface area (Å²) in [6, 6.07) is 15.2. The van der Waals surface area contributed by atoms with Gasteiger partial charge in [-0.1, -0.05) is 63.2 Å². The summed E-state index contributed by atoms with van der Waals surface area (Å²) < 4.78 is 5.84. The first-order valence-corrected chi connectivity index (χ1v) is 9.81. The lowest BCUT2D eigenvalue weighted by Crippen LogP contribution is -2.44. The van der Waals surface area contributed by atoms with E-state index in [0.29, 0.717) is 24.7 Å². The molecule has 1 N–H and O–H groups in total. The molecule has 1 heterocycles. The zero-order valence-electron chi connectivity index (χ0n) is 16.9. The molecule has 2 aromatic rings. The number of likely N-dealkylation sites (N-methyl/N-ethyl adjacent to an activating group) is 1. The summed E-state index contributed by atoms with van der Waals surface area (Å²) in [4.78, 5) is 26.9. The first kappa shape index (κ1) is 20.1. The van der Waals surface area contributed by atoms with Gasteiger partial charge in [-0.15, -0.1) is 0 Å². The molecule has 2 atom stereocenters. The Labute approximate surface area is 166 Å². The third-order valence-corrected chi connectivity index (χ3v) is 5.17. The summed E-state index contributed by atoms with van der Waals surface area (Å²) in [5.74, 6) is -0.126. The molecule has 0 aliphatic carbocycles. The van der Waals surface area contributed by atoms with Crippen molar-refractivity contribution in [2.24, 2.45) is 0 Å². The number of nitrogens with one attached hydrogen (secondary N) is 1. The summed E-state index contributed by atoms with van der Waals surface area (Å²) in [5, 5.41) is 2.87. The lowest BCUT2D eigenvalue weighted by atomic mass is 9.93. The number of cyclic esters (lactones) is 1. The van der Waals surface area contributed by atoms with E-state index in [1.165, 1.54) is 6.92 Å². The van der Waals surface area contributed by atoms with E-state index in [-0.39, 0.29) is 18.0 Å². The molecule has 0 aromatic heterocycles. The van der Waals surface area contributed by atoms with Gasteiger partial charge in [0.25, 0.3) is 0 Å². The van der Waals surface area contributed by atoms with E-state index in [1.807, 2.05) is 55.5 Å². The number of carbonyl (C=O) groups is 2. The minimum atomic E-state index is -0.537. The van der Waals surface area contributed by atoms with Crippen molar-refractivity contribution in [2.45, 2.75) is 45.8 Å². The average Bonchev–Trinajstić information content (AvgIpc) is 2.68. The summed E-state index contributed by atoms with van der Waals surface area (Å²) >= 11 is 0. The molecule has 1 saturated heterocycles. The highest BCUT2D eigenvalue weighted by molar-refractivity contribution is 5.91. The van der Waals surface area contributed by atoms with E-state index in [0.717, 1.165) is 16.7 Å². The van der Waals surface area contributed by atoms with Crippen LogP contribution in [0.25, 0.3) is 0 Å². The Morgan fingerprint density at radius 3 is 2.54 bits per heavy atom. The Hall–Kier alpha value is -2.66. The molecule has 5 heteroatoms. The molecule has 0 bridgehead atoms. The number of carbonyl (C=O) groups excluding carboxylic acids is 2. The van der Waals surface area contributed by atoms with Crippen molar-refractivity contribution in [3.8, 4) is 0 Å². The van der Waals surface area contributed by atoms with Gasteiger partial charge >= 0.3 is 5.97 Å². The van der Waals surface area contributed by atoms with Crippen LogP contribution in [0.4, 0.5) is 5.69 Å². The van der Waals surface area contributed by atoms with Crippen LogP contribution in [0.2, 0.25) is 0 Å². The SMILES string of the molecule is CCN1CC(c2ccccc2)OC(=O)C1c1cc(C(C)C)ccc1NC(C)=O. The van der Waals surface area contributed by atoms with Crippen LogP contribution in [0.5, 0.6) is 0 Å². The quantitative estimate of drug-likeness (QED) is 0.780. The van der Waals surface area contributed by atoms with Crippen LogP contribution in [-0.4, -0.2) is 29.9 Å². The summed E-state index contributed by atoms with van der Waals surface area (Å²) in [7, 11) is 0. The molecular weight excluding hydrogens is 352 g/mol. The van der Waals surface area contributed by atoms with Crippen LogP contribution in [0, 0.1) is 0 Å². The van der Waals surface area contributed by atoms with Crippen LogP contribution in [0.3, 0.4) is 0 Å². The van der Waals surface area contributed by atoms with Gasteiger partial charge < -0.3 is 10.1 Å². The molecule has 1 aliphatic heterocycles. The molecule has 148 valence electrons. The smallest absolute Gasteiger partial charge is 0.328 e. The molecule has 3 rings (SSSR count).